The van der Waals surface area contributed by atoms with E-state index in [2.05, 4.69) is 20.6 Å². The van der Waals surface area contributed by atoms with Crippen molar-refractivity contribution in [2.24, 2.45) is 0 Å². The number of thiocarbonyl (C=S) groups is 1. The third-order valence-corrected chi connectivity index (χ3v) is 4.67. The number of nitrogen functional groups attached to an aromatic ring is 1. The van der Waals surface area contributed by atoms with E-state index in [4.69, 9.17) is 18.0 Å². The fourth-order valence-electron chi connectivity index (χ4n) is 2.51. The standard InChI is InChI=1S/C19H19N5O2S2/c1-28(25,26)12-16-11-17(20)24-18(21-16)13-7-9-15(10-8-13)23-19(27)22-14-5-3-2-4-6-14/h2-11H,12H2,1H3,(H2,20,21,24)(H2,22,23,27). The number of para-hydroxylation sites is 1. The summed E-state index contributed by atoms with van der Waals surface area (Å²) in [5, 5.41) is 6.66. The number of nitrogens with two attached hydrogens (primary N) is 1. The van der Waals surface area contributed by atoms with E-state index in [0.717, 1.165) is 23.2 Å². The molecule has 0 spiro atoms. The van der Waals surface area contributed by atoms with Gasteiger partial charge in [0.15, 0.2) is 20.8 Å². The van der Waals surface area contributed by atoms with Gasteiger partial charge in [0.2, 0.25) is 0 Å². The molecular weight excluding hydrogens is 394 g/mol. The lowest BCUT2D eigenvalue weighted by molar-refractivity contribution is 0.600. The molecule has 0 saturated carbocycles. The summed E-state index contributed by atoms with van der Waals surface area (Å²) in [5.74, 6) is 0.403. The van der Waals surface area contributed by atoms with Crippen LogP contribution in [-0.4, -0.2) is 29.8 Å². The minimum atomic E-state index is -3.22. The van der Waals surface area contributed by atoms with Gasteiger partial charge in [-0.15, -0.1) is 0 Å². The number of benzene rings is 2. The molecule has 2 aromatic carbocycles. The van der Waals surface area contributed by atoms with Gasteiger partial charge in [-0.3, -0.25) is 0 Å². The van der Waals surface area contributed by atoms with E-state index in [-0.39, 0.29) is 11.6 Å². The summed E-state index contributed by atoms with van der Waals surface area (Å²) >= 11 is 5.31. The summed E-state index contributed by atoms with van der Waals surface area (Å²) in [4.78, 5) is 8.50. The summed E-state index contributed by atoms with van der Waals surface area (Å²) in [7, 11) is -3.22. The highest BCUT2D eigenvalue weighted by Gasteiger charge is 2.11. The molecule has 1 aromatic heterocycles. The lowest BCUT2D eigenvalue weighted by Crippen LogP contribution is -2.18. The zero-order valence-corrected chi connectivity index (χ0v) is 16.7. The van der Waals surface area contributed by atoms with Gasteiger partial charge in [-0.1, -0.05) is 18.2 Å². The van der Waals surface area contributed by atoms with E-state index >= 15 is 0 Å². The number of sulfone groups is 1. The minimum Gasteiger partial charge on any atom is -0.384 e. The van der Waals surface area contributed by atoms with E-state index < -0.39 is 9.84 Å². The second-order valence-corrected chi connectivity index (χ2v) is 8.75. The molecule has 0 radical (unpaired) electrons. The van der Waals surface area contributed by atoms with Crippen molar-refractivity contribution in [3.63, 3.8) is 0 Å². The SMILES string of the molecule is CS(=O)(=O)Cc1cc(N)nc(-c2ccc(NC(=S)Nc3ccccc3)cc2)n1. The predicted octanol–water partition coefficient (Wildman–Crippen LogP) is 3.08. The largest absolute Gasteiger partial charge is 0.384 e. The van der Waals surface area contributed by atoms with Crippen LogP contribution in [0.1, 0.15) is 5.69 Å². The molecular formula is C19H19N5O2S2. The first-order valence-electron chi connectivity index (χ1n) is 8.33. The van der Waals surface area contributed by atoms with Crippen LogP contribution in [0.25, 0.3) is 11.4 Å². The average molecular weight is 414 g/mol. The number of hydrogen-bond donors (Lipinski definition) is 3. The summed E-state index contributed by atoms with van der Waals surface area (Å²) in [5.41, 5.74) is 8.56. The maximum Gasteiger partial charge on any atom is 0.175 e. The molecule has 0 aliphatic heterocycles. The van der Waals surface area contributed by atoms with Gasteiger partial charge in [0.1, 0.15) is 5.82 Å². The first kappa shape index (κ1) is 19.7. The molecule has 0 aliphatic rings. The lowest BCUT2D eigenvalue weighted by Gasteiger charge is -2.11. The first-order valence-corrected chi connectivity index (χ1v) is 10.8. The number of nitrogens with zero attached hydrogens (tertiary/aromatic N) is 2. The smallest absolute Gasteiger partial charge is 0.175 e. The second-order valence-electron chi connectivity index (χ2n) is 6.20. The van der Waals surface area contributed by atoms with E-state index in [0.29, 0.717) is 16.6 Å². The molecule has 3 aromatic rings. The van der Waals surface area contributed by atoms with Crippen LogP contribution in [-0.2, 0) is 15.6 Å². The molecule has 0 atom stereocenters. The summed E-state index contributed by atoms with van der Waals surface area (Å²) < 4.78 is 23.0. The van der Waals surface area contributed by atoms with Crippen LogP contribution < -0.4 is 16.4 Å². The van der Waals surface area contributed by atoms with Crippen LogP contribution in [0.4, 0.5) is 17.2 Å². The fraction of sp³-hybridized carbons (Fsp3) is 0.105. The predicted molar refractivity (Wildman–Crippen MR) is 117 cm³/mol. The molecule has 4 N–H and O–H groups in total. The lowest BCUT2D eigenvalue weighted by atomic mass is 10.2. The number of nitrogens with one attached hydrogen (secondary N) is 2. The normalized spacial score (nSPS) is 11.0. The Morgan fingerprint density at radius 2 is 1.61 bits per heavy atom. The monoisotopic (exact) mass is 413 g/mol. The second kappa shape index (κ2) is 8.32. The summed E-state index contributed by atoms with van der Waals surface area (Å²) in [6.07, 6.45) is 1.15. The van der Waals surface area contributed by atoms with Crippen molar-refractivity contribution in [1.82, 2.24) is 9.97 Å². The van der Waals surface area contributed by atoms with Crippen molar-refractivity contribution >= 4 is 44.4 Å². The van der Waals surface area contributed by atoms with Crippen LogP contribution in [0.5, 0.6) is 0 Å². The molecule has 0 bridgehead atoms. The molecule has 0 aliphatic carbocycles. The van der Waals surface area contributed by atoms with Gasteiger partial charge >= 0.3 is 0 Å². The van der Waals surface area contributed by atoms with Crippen LogP contribution in [0, 0.1) is 0 Å². The fourth-order valence-corrected chi connectivity index (χ4v) is 3.43. The van der Waals surface area contributed by atoms with Crippen LogP contribution in [0.2, 0.25) is 0 Å². The van der Waals surface area contributed by atoms with E-state index in [9.17, 15) is 8.42 Å². The number of rotatable bonds is 5. The van der Waals surface area contributed by atoms with Crippen molar-refractivity contribution in [2.75, 3.05) is 22.6 Å². The molecule has 9 heteroatoms. The molecule has 0 fully saturated rings. The van der Waals surface area contributed by atoms with Crippen molar-refractivity contribution in [1.29, 1.82) is 0 Å². The number of hydrogen-bond acceptors (Lipinski definition) is 6. The highest BCUT2D eigenvalue weighted by atomic mass is 32.2. The Morgan fingerprint density at radius 3 is 2.21 bits per heavy atom. The Kier molecular flexibility index (Phi) is 5.86. The topological polar surface area (TPSA) is 110 Å². The van der Waals surface area contributed by atoms with Gasteiger partial charge in [0, 0.05) is 29.3 Å². The summed E-state index contributed by atoms with van der Waals surface area (Å²) in [6, 6.07) is 18.4. The average Bonchev–Trinajstić information content (AvgIpc) is 2.61. The highest BCUT2D eigenvalue weighted by molar-refractivity contribution is 7.89. The number of anilines is 3. The molecule has 0 unspecified atom stereocenters. The van der Waals surface area contributed by atoms with Crippen LogP contribution >= 0.6 is 12.2 Å². The Morgan fingerprint density at radius 1 is 1.00 bits per heavy atom. The van der Waals surface area contributed by atoms with Gasteiger partial charge in [-0.05, 0) is 48.6 Å². The molecule has 3 rings (SSSR count). The molecule has 0 saturated heterocycles. The van der Waals surface area contributed by atoms with Crippen LogP contribution in [0.3, 0.4) is 0 Å². The van der Waals surface area contributed by atoms with Crippen molar-refractivity contribution < 1.29 is 8.42 Å². The first-order chi connectivity index (χ1) is 13.3. The van der Waals surface area contributed by atoms with Gasteiger partial charge < -0.3 is 16.4 Å². The molecule has 1 heterocycles. The Labute approximate surface area is 169 Å². The third kappa shape index (κ3) is 5.73. The maximum absolute atomic E-state index is 11.5. The van der Waals surface area contributed by atoms with Crippen LogP contribution in [0.15, 0.2) is 60.7 Å². The maximum atomic E-state index is 11.5. The zero-order chi connectivity index (χ0) is 20.1. The van der Waals surface area contributed by atoms with Gasteiger partial charge in [-0.2, -0.15) is 0 Å². The van der Waals surface area contributed by atoms with Crippen molar-refractivity contribution in [2.45, 2.75) is 5.75 Å². The molecule has 0 amide bonds. The minimum absolute atomic E-state index is 0.189. The quantitative estimate of drug-likeness (QED) is 0.548. The van der Waals surface area contributed by atoms with E-state index in [1.807, 2.05) is 54.6 Å². The Bertz CT molecular complexity index is 1090. The highest BCUT2D eigenvalue weighted by Crippen LogP contribution is 2.20. The Hall–Kier alpha value is -3.04. The molecule has 144 valence electrons. The number of aromatic nitrogens is 2. The van der Waals surface area contributed by atoms with Crippen molar-refractivity contribution in [3.05, 3.63) is 66.4 Å². The zero-order valence-electron chi connectivity index (χ0n) is 15.1. The van der Waals surface area contributed by atoms with Gasteiger partial charge in [0.25, 0.3) is 0 Å². The van der Waals surface area contributed by atoms with Gasteiger partial charge in [0.05, 0.1) is 11.4 Å². The third-order valence-electron chi connectivity index (χ3n) is 3.64. The molecule has 28 heavy (non-hydrogen) atoms. The van der Waals surface area contributed by atoms with E-state index in [1.165, 1.54) is 6.07 Å². The van der Waals surface area contributed by atoms with Crippen molar-refractivity contribution in [3.8, 4) is 11.4 Å². The van der Waals surface area contributed by atoms with Gasteiger partial charge in [-0.25, -0.2) is 18.4 Å². The van der Waals surface area contributed by atoms with E-state index in [1.54, 1.807) is 0 Å². The molecule has 7 nitrogen and oxygen atoms in total. The summed E-state index contributed by atoms with van der Waals surface area (Å²) in [6.45, 7) is 0. The Balaban J connectivity index is 1.73.